The van der Waals surface area contributed by atoms with Gasteiger partial charge in [-0.2, -0.15) is 13.2 Å². The Labute approximate surface area is 171 Å². The van der Waals surface area contributed by atoms with Crippen LogP contribution in [0.2, 0.25) is 0 Å². The van der Waals surface area contributed by atoms with Crippen LogP contribution in [0.15, 0.2) is 43.2 Å². The van der Waals surface area contributed by atoms with E-state index in [1.807, 2.05) is 6.07 Å². The van der Waals surface area contributed by atoms with Gasteiger partial charge in [-0.15, -0.1) is 0 Å². The van der Waals surface area contributed by atoms with E-state index in [0.717, 1.165) is 16.5 Å². The molecule has 7 nitrogen and oxygen atoms in total. The number of carbonyl (C=O) groups is 2. The molecule has 1 fully saturated rings. The van der Waals surface area contributed by atoms with Crippen LogP contribution in [0, 0.1) is 0 Å². The first-order valence-corrected chi connectivity index (χ1v) is 9.31. The van der Waals surface area contributed by atoms with Crippen molar-refractivity contribution in [3.8, 4) is 0 Å². The van der Waals surface area contributed by atoms with Gasteiger partial charge in [-0.3, -0.25) is 14.5 Å². The molecule has 0 bridgehead atoms. The zero-order valence-electron chi connectivity index (χ0n) is 16.4. The minimum absolute atomic E-state index is 0.0906. The molecular weight excluding hydrogens is 399 g/mol. The van der Waals surface area contributed by atoms with Gasteiger partial charge < -0.3 is 14.8 Å². The van der Waals surface area contributed by atoms with Gasteiger partial charge in [0.25, 0.3) is 5.91 Å². The molecule has 2 amide bonds. The maximum Gasteiger partial charge on any atom is 0.433 e. The molecule has 1 aliphatic rings. The predicted octanol–water partition coefficient (Wildman–Crippen LogP) is 2.52. The number of hydrogen-bond donors (Lipinski definition) is 1. The number of nitrogens with one attached hydrogen (secondary N) is 1. The van der Waals surface area contributed by atoms with Gasteiger partial charge in [-0.05, 0) is 23.8 Å². The van der Waals surface area contributed by atoms with Crippen molar-refractivity contribution in [2.45, 2.75) is 12.7 Å². The molecule has 0 saturated carbocycles. The molecule has 0 unspecified atom stereocenters. The SMILES string of the molecule is C=CC(=O)N1CCN(Cc2cccc(NC(=O)c3ncn(C)c3C(F)(F)F)c2)CC1. The fourth-order valence-electron chi connectivity index (χ4n) is 3.38. The third kappa shape index (κ3) is 4.88. The molecule has 3 rings (SSSR count). The highest BCUT2D eigenvalue weighted by molar-refractivity contribution is 6.03. The fraction of sp³-hybridized carbons (Fsp3) is 0.350. The number of imidazole rings is 1. The molecule has 2 heterocycles. The monoisotopic (exact) mass is 421 g/mol. The fourth-order valence-corrected chi connectivity index (χ4v) is 3.38. The second-order valence-corrected chi connectivity index (χ2v) is 7.01. The molecule has 30 heavy (non-hydrogen) atoms. The lowest BCUT2D eigenvalue weighted by molar-refractivity contribution is -0.143. The van der Waals surface area contributed by atoms with E-state index in [0.29, 0.717) is 38.4 Å². The number of amides is 2. The number of anilines is 1. The number of aryl methyl sites for hydroxylation is 1. The quantitative estimate of drug-likeness (QED) is 0.754. The normalized spacial score (nSPS) is 15.1. The van der Waals surface area contributed by atoms with Gasteiger partial charge in [-0.25, -0.2) is 4.98 Å². The van der Waals surface area contributed by atoms with Gasteiger partial charge in [0.2, 0.25) is 5.91 Å². The lowest BCUT2D eigenvalue weighted by Gasteiger charge is -2.34. The lowest BCUT2D eigenvalue weighted by atomic mass is 10.1. The number of benzene rings is 1. The average Bonchev–Trinajstić information content (AvgIpc) is 3.10. The molecule has 1 aromatic carbocycles. The van der Waals surface area contributed by atoms with E-state index < -0.39 is 23.5 Å². The van der Waals surface area contributed by atoms with Gasteiger partial charge in [0.05, 0.1) is 6.33 Å². The van der Waals surface area contributed by atoms with Crippen molar-refractivity contribution in [2.24, 2.45) is 7.05 Å². The van der Waals surface area contributed by atoms with Crippen LogP contribution in [0.5, 0.6) is 0 Å². The number of hydrogen-bond acceptors (Lipinski definition) is 4. The van der Waals surface area contributed by atoms with E-state index in [1.54, 1.807) is 23.1 Å². The summed E-state index contributed by atoms with van der Waals surface area (Å²) in [4.78, 5) is 31.5. The van der Waals surface area contributed by atoms with Crippen LogP contribution in [0.1, 0.15) is 21.7 Å². The smallest absolute Gasteiger partial charge is 0.337 e. The molecular formula is C20H22F3N5O2. The third-order valence-corrected chi connectivity index (χ3v) is 4.87. The number of rotatable bonds is 5. The average molecular weight is 421 g/mol. The zero-order valence-corrected chi connectivity index (χ0v) is 16.4. The predicted molar refractivity (Wildman–Crippen MR) is 105 cm³/mol. The number of carbonyl (C=O) groups excluding carboxylic acids is 2. The van der Waals surface area contributed by atoms with Crippen molar-refractivity contribution in [3.05, 3.63) is 60.2 Å². The van der Waals surface area contributed by atoms with E-state index in [4.69, 9.17) is 0 Å². The van der Waals surface area contributed by atoms with Crippen LogP contribution in [-0.2, 0) is 24.6 Å². The Morgan fingerprint density at radius 2 is 1.93 bits per heavy atom. The summed E-state index contributed by atoms with van der Waals surface area (Å²) in [6, 6.07) is 6.93. The van der Waals surface area contributed by atoms with Crippen LogP contribution in [0.3, 0.4) is 0 Å². The van der Waals surface area contributed by atoms with Crippen LogP contribution in [0.25, 0.3) is 0 Å². The Hall–Kier alpha value is -3.14. The third-order valence-electron chi connectivity index (χ3n) is 4.87. The van der Waals surface area contributed by atoms with Gasteiger partial charge in [0.1, 0.15) is 0 Å². The molecule has 160 valence electrons. The summed E-state index contributed by atoms with van der Waals surface area (Å²) in [6.45, 7) is 6.67. The van der Waals surface area contributed by atoms with Crippen LogP contribution < -0.4 is 5.32 Å². The molecule has 0 spiro atoms. The van der Waals surface area contributed by atoms with Crippen LogP contribution in [-0.4, -0.2) is 57.3 Å². The first-order valence-electron chi connectivity index (χ1n) is 9.31. The van der Waals surface area contributed by atoms with Crippen LogP contribution >= 0.6 is 0 Å². The van der Waals surface area contributed by atoms with Crippen molar-refractivity contribution in [3.63, 3.8) is 0 Å². The highest BCUT2D eigenvalue weighted by atomic mass is 19.4. The minimum atomic E-state index is -4.69. The summed E-state index contributed by atoms with van der Waals surface area (Å²) in [5, 5.41) is 2.49. The Kier molecular flexibility index (Phi) is 6.25. The Balaban J connectivity index is 1.65. The molecule has 10 heteroatoms. The van der Waals surface area contributed by atoms with Crippen molar-refractivity contribution in [1.82, 2.24) is 19.4 Å². The molecule has 0 radical (unpaired) electrons. The lowest BCUT2D eigenvalue weighted by Crippen LogP contribution is -2.47. The van der Waals surface area contributed by atoms with Gasteiger partial charge >= 0.3 is 6.18 Å². The molecule has 0 atom stereocenters. The Morgan fingerprint density at radius 3 is 2.57 bits per heavy atom. The Morgan fingerprint density at radius 1 is 1.23 bits per heavy atom. The standard InChI is InChI=1S/C20H22F3N5O2/c1-3-16(29)28-9-7-27(8-10-28)12-14-5-4-6-15(11-14)25-19(30)17-18(20(21,22)23)26(2)13-24-17/h3-6,11,13H,1,7-10,12H2,2H3,(H,25,30). The number of aromatic nitrogens is 2. The number of alkyl halides is 3. The first-order chi connectivity index (χ1) is 14.2. The van der Waals surface area contributed by atoms with Gasteiger partial charge in [0.15, 0.2) is 11.4 Å². The maximum atomic E-state index is 13.2. The van der Waals surface area contributed by atoms with Crippen LogP contribution in [0.4, 0.5) is 18.9 Å². The van der Waals surface area contributed by atoms with Gasteiger partial charge in [0, 0.05) is 45.5 Å². The molecule has 1 aromatic heterocycles. The van der Waals surface area contributed by atoms with Crippen molar-refractivity contribution < 1.29 is 22.8 Å². The van der Waals surface area contributed by atoms with Crippen molar-refractivity contribution in [2.75, 3.05) is 31.5 Å². The van der Waals surface area contributed by atoms with Crippen molar-refractivity contribution >= 4 is 17.5 Å². The van der Waals surface area contributed by atoms with Crippen molar-refractivity contribution in [1.29, 1.82) is 0 Å². The second kappa shape index (κ2) is 8.70. The molecule has 1 aliphatic heterocycles. The topological polar surface area (TPSA) is 70.5 Å². The summed E-state index contributed by atoms with van der Waals surface area (Å²) in [5.41, 5.74) is -0.480. The number of nitrogens with zero attached hydrogens (tertiary/aromatic N) is 4. The second-order valence-electron chi connectivity index (χ2n) is 7.01. The van der Waals surface area contributed by atoms with E-state index in [9.17, 15) is 22.8 Å². The summed E-state index contributed by atoms with van der Waals surface area (Å²) in [5.74, 6) is -1.01. The molecule has 1 saturated heterocycles. The molecule has 2 aromatic rings. The summed E-state index contributed by atoms with van der Waals surface area (Å²) >= 11 is 0. The van der Waals surface area contributed by atoms with E-state index in [-0.39, 0.29) is 5.91 Å². The molecule has 0 aliphatic carbocycles. The zero-order chi connectivity index (χ0) is 21.9. The highest BCUT2D eigenvalue weighted by Crippen LogP contribution is 2.31. The van der Waals surface area contributed by atoms with E-state index in [1.165, 1.54) is 13.1 Å². The first kappa shape index (κ1) is 21.6. The highest BCUT2D eigenvalue weighted by Gasteiger charge is 2.39. The maximum absolute atomic E-state index is 13.2. The number of halogens is 3. The molecule has 1 N–H and O–H groups in total. The summed E-state index contributed by atoms with van der Waals surface area (Å²) < 4.78 is 40.4. The summed E-state index contributed by atoms with van der Waals surface area (Å²) in [6.07, 6.45) is -2.42. The summed E-state index contributed by atoms with van der Waals surface area (Å²) in [7, 11) is 1.19. The van der Waals surface area contributed by atoms with E-state index >= 15 is 0 Å². The Bertz CT molecular complexity index is 946. The van der Waals surface area contributed by atoms with Gasteiger partial charge in [-0.1, -0.05) is 18.7 Å². The minimum Gasteiger partial charge on any atom is -0.337 e. The number of piperazine rings is 1. The van der Waals surface area contributed by atoms with E-state index in [2.05, 4.69) is 21.8 Å². The largest absolute Gasteiger partial charge is 0.433 e.